The summed E-state index contributed by atoms with van der Waals surface area (Å²) < 4.78 is 77.4. The molecule has 19 heavy (non-hydrogen) atoms. The Balaban J connectivity index is 2.91. The number of aryl methyl sites for hydroxylation is 2. The molecule has 0 saturated heterocycles. The molecule has 0 amide bonds. The Morgan fingerprint density at radius 2 is 1.58 bits per heavy atom. The maximum absolute atomic E-state index is 12.9. The number of benzene rings is 1. The van der Waals surface area contributed by atoms with Crippen molar-refractivity contribution in [2.75, 3.05) is 0 Å². The molecule has 8 heteroatoms. The van der Waals surface area contributed by atoms with E-state index in [0.29, 0.717) is 6.07 Å². The van der Waals surface area contributed by atoms with Crippen LogP contribution in [0.15, 0.2) is 12.1 Å². The summed E-state index contributed by atoms with van der Waals surface area (Å²) in [6.45, 7) is 1.36. The second-order valence-corrected chi connectivity index (χ2v) is 4.12. The van der Waals surface area contributed by atoms with Gasteiger partial charge in [-0.25, -0.2) is 0 Å². The van der Waals surface area contributed by atoms with Crippen molar-refractivity contribution >= 4 is 10.9 Å². The molecule has 2 nitrogen and oxygen atoms in total. The second-order valence-electron chi connectivity index (χ2n) is 4.12. The minimum Gasteiger partial charge on any atom is -0.267 e. The SMILES string of the molecule is Cc1nn(C)c2c(C(F)(F)F)cc(C(F)(F)F)cc12. The van der Waals surface area contributed by atoms with Crippen LogP contribution < -0.4 is 0 Å². The van der Waals surface area contributed by atoms with E-state index in [9.17, 15) is 26.3 Å². The van der Waals surface area contributed by atoms with Gasteiger partial charge in [-0.2, -0.15) is 31.4 Å². The first kappa shape index (κ1) is 13.7. The number of hydrogen-bond donors (Lipinski definition) is 0. The molecule has 0 atom stereocenters. The Morgan fingerprint density at radius 1 is 1.00 bits per heavy atom. The normalized spacial score (nSPS) is 13.3. The molecule has 0 fully saturated rings. The topological polar surface area (TPSA) is 17.8 Å². The van der Waals surface area contributed by atoms with E-state index in [4.69, 9.17) is 0 Å². The summed E-state index contributed by atoms with van der Waals surface area (Å²) in [6.07, 6.45) is -9.71. The predicted molar refractivity (Wildman–Crippen MR) is 55.5 cm³/mol. The molecule has 0 radical (unpaired) electrons. The highest BCUT2D eigenvalue weighted by atomic mass is 19.4. The molecular formula is C11H8F6N2. The monoisotopic (exact) mass is 282 g/mol. The van der Waals surface area contributed by atoms with Crippen LogP contribution in [0, 0.1) is 6.92 Å². The van der Waals surface area contributed by atoms with Crippen LogP contribution in [0.2, 0.25) is 0 Å². The second kappa shape index (κ2) is 3.88. The van der Waals surface area contributed by atoms with Crippen LogP contribution in [0.25, 0.3) is 10.9 Å². The average molecular weight is 282 g/mol. The lowest BCUT2D eigenvalue weighted by Crippen LogP contribution is -2.12. The van der Waals surface area contributed by atoms with E-state index in [0.717, 1.165) is 4.68 Å². The first-order chi connectivity index (χ1) is 8.51. The molecule has 0 unspecified atom stereocenters. The minimum absolute atomic E-state index is 0.115. The highest BCUT2D eigenvalue weighted by Gasteiger charge is 2.39. The lowest BCUT2D eigenvalue weighted by Gasteiger charge is -2.13. The Kier molecular flexibility index (Phi) is 2.80. The number of fused-ring (bicyclic) bond motifs is 1. The quantitative estimate of drug-likeness (QED) is 0.670. The third-order valence-electron chi connectivity index (χ3n) is 2.76. The Morgan fingerprint density at radius 3 is 2.05 bits per heavy atom. The summed E-state index contributed by atoms with van der Waals surface area (Å²) in [7, 11) is 1.26. The van der Waals surface area contributed by atoms with Gasteiger partial charge in [0, 0.05) is 12.4 Å². The van der Waals surface area contributed by atoms with Gasteiger partial charge in [0.05, 0.1) is 22.3 Å². The standard InChI is InChI=1S/C11H8F6N2/c1-5-7-3-6(10(12,13)14)4-8(11(15,16)17)9(7)19(2)18-5/h3-4H,1-2H3. The fourth-order valence-electron chi connectivity index (χ4n) is 1.97. The molecule has 0 bridgehead atoms. The van der Waals surface area contributed by atoms with Gasteiger partial charge in [0.15, 0.2) is 0 Å². The third-order valence-corrected chi connectivity index (χ3v) is 2.76. The molecule has 0 aliphatic rings. The highest BCUT2D eigenvalue weighted by Crippen LogP contribution is 2.40. The zero-order valence-electron chi connectivity index (χ0n) is 9.82. The molecule has 1 aromatic heterocycles. The zero-order chi connectivity index (χ0) is 14.6. The number of hydrogen-bond acceptors (Lipinski definition) is 1. The van der Waals surface area contributed by atoms with E-state index in [-0.39, 0.29) is 22.7 Å². The van der Waals surface area contributed by atoms with E-state index in [1.165, 1.54) is 14.0 Å². The van der Waals surface area contributed by atoms with Gasteiger partial charge in [-0.3, -0.25) is 4.68 Å². The van der Waals surface area contributed by atoms with E-state index < -0.39 is 23.5 Å². The molecule has 104 valence electrons. The fourth-order valence-corrected chi connectivity index (χ4v) is 1.97. The Hall–Kier alpha value is -1.73. The Bertz CT molecular complexity index is 635. The van der Waals surface area contributed by atoms with E-state index in [1.807, 2.05) is 0 Å². The zero-order valence-corrected chi connectivity index (χ0v) is 9.82. The van der Waals surface area contributed by atoms with Crippen LogP contribution in [0.5, 0.6) is 0 Å². The summed E-state index contributed by atoms with van der Waals surface area (Å²) >= 11 is 0. The number of rotatable bonds is 0. The summed E-state index contributed by atoms with van der Waals surface area (Å²) in [4.78, 5) is 0. The summed E-state index contributed by atoms with van der Waals surface area (Å²) in [6, 6.07) is 0.802. The van der Waals surface area contributed by atoms with Crippen LogP contribution in [0.3, 0.4) is 0 Å². The lowest BCUT2D eigenvalue weighted by atomic mass is 10.0. The largest absolute Gasteiger partial charge is 0.418 e. The average Bonchev–Trinajstić information content (AvgIpc) is 2.51. The molecule has 2 aromatic rings. The number of alkyl halides is 6. The summed E-state index contributed by atoms with van der Waals surface area (Å²) in [5.74, 6) is 0. The summed E-state index contributed by atoms with van der Waals surface area (Å²) in [5.41, 5.74) is -2.89. The van der Waals surface area contributed by atoms with Crippen molar-refractivity contribution in [2.45, 2.75) is 19.3 Å². The molecule has 0 N–H and O–H groups in total. The summed E-state index contributed by atoms with van der Waals surface area (Å²) in [5, 5.41) is 3.59. The molecule has 0 saturated carbocycles. The van der Waals surface area contributed by atoms with Crippen molar-refractivity contribution in [3.8, 4) is 0 Å². The van der Waals surface area contributed by atoms with E-state index >= 15 is 0 Å². The van der Waals surface area contributed by atoms with Gasteiger partial charge >= 0.3 is 12.4 Å². The first-order valence-electron chi connectivity index (χ1n) is 5.13. The van der Waals surface area contributed by atoms with E-state index in [2.05, 4.69) is 5.10 Å². The van der Waals surface area contributed by atoms with Crippen LogP contribution in [-0.4, -0.2) is 9.78 Å². The van der Waals surface area contributed by atoms with Gasteiger partial charge < -0.3 is 0 Å². The van der Waals surface area contributed by atoms with Gasteiger partial charge in [0.2, 0.25) is 0 Å². The lowest BCUT2D eigenvalue weighted by molar-refractivity contribution is -0.142. The van der Waals surface area contributed by atoms with Gasteiger partial charge in [-0.05, 0) is 19.1 Å². The molecule has 1 heterocycles. The molecule has 2 rings (SSSR count). The number of aromatic nitrogens is 2. The number of nitrogens with zero attached hydrogens (tertiary/aromatic N) is 2. The maximum Gasteiger partial charge on any atom is 0.418 e. The van der Waals surface area contributed by atoms with Crippen molar-refractivity contribution in [1.29, 1.82) is 0 Å². The van der Waals surface area contributed by atoms with Gasteiger partial charge in [0.1, 0.15) is 0 Å². The molecular weight excluding hydrogens is 274 g/mol. The highest BCUT2D eigenvalue weighted by molar-refractivity contribution is 5.86. The van der Waals surface area contributed by atoms with Gasteiger partial charge in [-0.15, -0.1) is 0 Å². The first-order valence-corrected chi connectivity index (χ1v) is 5.13. The molecule has 0 spiro atoms. The van der Waals surface area contributed by atoms with Gasteiger partial charge in [0.25, 0.3) is 0 Å². The third kappa shape index (κ3) is 2.26. The minimum atomic E-state index is -4.88. The van der Waals surface area contributed by atoms with Crippen LogP contribution >= 0.6 is 0 Å². The van der Waals surface area contributed by atoms with Crippen LogP contribution in [0.4, 0.5) is 26.3 Å². The van der Waals surface area contributed by atoms with Crippen LogP contribution in [0.1, 0.15) is 16.8 Å². The Labute approximate surface area is 103 Å². The smallest absolute Gasteiger partial charge is 0.267 e. The van der Waals surface area contributed by atoms with E-state index in [1.54, 1.807) is 0 Å². The number of halogens is 6. The van der Waals surface area contributed by atoms with Crippen molar-refractivity contribution in [2.24, 2.45) is 7.05 Å². The van der Waals surface area contributed by atoms with Crippen molar-refractivity contribution in [3.63, 3.8) is 0 Å². The van der Waals surface area contributed by atoms with Crippen molar-refractivity contribution < 1.29 is 26.3 Å². The molecule has 0 aliphatic heterocycles. The van der Waals surface area contributed by atoms with Crippen LogP contribution in [-0.2, 0) is 19.4 Å². The maximum atomic E-state index is 12.9. The van der Waals surface area contributed by atoms with Crippen molar-refractivity contribution in [3.05, 3.63) is 29.0 Å². The predicted octanol–water partition coefficient (Wildman–Crippen LogP) is 3.92. The van der Waals surface area contributed by atoms with Gasteiger partial charge in [-0.1, -0.05) is 0 Å². The molecule has 1 aromatic carbocycles. The van der Waals surface area contributed by atoms with Crippen molar-refractivity contribution in [1.82, 2.24) is 9.78 Å². The fraction of sp³-hybridized carbons (Fsp3) is 0.364. The molecule has 0 aliphatic carbocycles.